The third-order valence-electron chi connectivity index (χ3n) is 3.29. The lowest BCUT2D eigenvalue weighted by Crippen LogP contribution is -1.99. The Morgan fingerprint density at radius 3 is 2.76 bits per heavy atom. The fraction of sp³-hybridized carbons (Fsp3) is 0.118. The highest BCUT2D eigenvalue weighted by Crippen LogP contribution is 2.24. The Hall–Kier alpha value is -2.13. The lowest BCUT2D eigenvalue weighted by Gasteiger charge is -2.11. The molecule has 3 rings (SSSR count). The number of fused-ring (bicyclic) bond motifs is 1. The molecule has 1 heterocycles. The van der Waals surface area contributed by atoms with Gasteiger partial charge in [-0.25, -0.2) is 4.39 Å². The van der Waals surface area contributed by atoms with Crippen LogP contribution in [0.4, 0.5) is 4.39 Å². The van der Waals surface area contributed by atoms with Gasteiger partial charge in [0, 0.05) is 22.7 Å². The van der Waals surface area contributed by atoms with Gasteiger partial charge in [-0.1, -0.05) is 18.2 Å². The number of ether oxygens (including phenoxy) is 1. The van der Waals surface area contributed by atoms with Crippen molar-refractivity contribution in [3.8, 4) is 5.75 Å². The van der Waals surface area contributed by atoms with Crippen LogP contribution in [0.1, 0.15) is 11.1 Å². The topological polar surface area (TPSA) is 22.1 Å². The van der Waals surface area contributed by atoms with E-state index in [1.54, 1.807) is 12.3 Å². The number of hydrogen-bond acceptors (Lipinski definition) is 2. The monoisotopic (exact) mass is 301 g/mol. The summed E-state index contributed by atoms with van der Waals surface area (Å²) in [5.41, 5.74) is 2.61. The Balaban J connectivity index is 1.87. The first-order valence-corrected chi connectivity index (χ1v) is 7.11. The maximum atomic E-state index is 13.2. The van der Waals surface area contributed by atoms with Crippen LogP contribution in [0.15, 0.2) is 54.7 Å². The van der Waals surface area contributed by atoms with Crippen molar-refractivity contribution in [2.45, 2.75) is 12.5 Å². The Bertz CT molecular complexity index is 770. The van der Waals surface area contributed by atoms with Gasteiger partial charge in [-0.2, -0.15) is 0 Å². The Labute approximate surface area is 127 Å². The van der Waals surface area contributed by atoms with Crippen LogP contribution in [-0.2, 0) is 12.5 Å². The Morgan fingerprint density at radius 1 is 1.05 bits per heavy atom. The molecule has 106 valence electrons. The molecule has 0 fully saturated rings. The molecule has 0 spiro atoms. The average Bonchev–Trinajstić information content (AvgIpc) is 2.53. The second-order valence-corrected chi connectivity index (χ2v) is 4.93. The molecule has 0 saturated heterocycles. The molecule has 2 aromatic carbocycles. The molecule has 0 N–H and O–H groups in total. The van der Waals surface area contributed by atoms with E-state index in [9.17, 15) is 4.39 Å². The van der Waals surface area contributed by atoms with Crippen LogP contribution in [0.2, 0.25) is 0 Å². The first-order valence-electron chi connectivity index (χ1n) is 6.58. The molecule has 0 saturated carbocycles. The van der Waals surface area contributed by atoms with Crippen molar-refractivity contribution in [2.75, 3.05) is 0 Å². The fourth-order valence-corrected chi connectivity index (χ4v) is 2.44. The quantitative estimate of drug-likeness (QED) is 0.652. The molecule has 21 heavy (non-hydrogen) atoms. The highest BCUT2D eigenvalue weighted by molar-refractivity contribution is 6.17. The van der Waals surface area contributed by atoms with E-state index < -0.39 is 0 Å². The van der Waals surface area contributed by atoms with Gasteiger partial charge in [0.05, 0.1) is 11.4 Å². The van der Waals surface area contributed by atoms with E-state index >= 15 is 0 Å². The lowest BCUT2D eigenvalue weighted by molar-refractivity contribution is 0.304. The molecule has 4 heteroatoms. The molecule has 1 aromatic heterocycles. The van der Waals surface area contributed by atoms with Gasteiger partial charge in [0.15, 0.2) is 0 Å². The molecule has 0 radical (unpaired) electrons. The normalized spacial score (nSPS) is 10.8. The predicted octanol–water partition coefficient (Wildman–Crippen LogP) is 4.69. The van der Waals surface area contributed by atoms with Crippen molar-refractivity contribution in [2.24, 2.45) is 0 Å². The molecule has 0 aliphatic rings. The number of hydrogen-bond donors (Lipinski definition) is 0. The van der Waals surface area contributed by atoms with Crippen molar-refractivity contribution >= 4 is 22.5 Å². The van der Waals surface area contributed by atoms with E-state index in [1.807, 2.05) is 30.3 Å². The molecule has 0 aliphatic heterocycles. The van der Waals surface area contributed by atoms with Gasteiger partial charge in [0.1, 0.15) is 18.2 Å². The summed E-state index contributed by atoms with van der Waals surface area (Å²) in [6, 6.07) is 14.2. The summed E-state index contributed by atoms with van der Waals surface area (Å²) in [6.45, 7) is 0.387. The van der Waals surface area contributed by atoms with Crippen molar-refractivity contribution in [3.05, 3.63) is 71.7 Å². The lowest BCUT2D eigenvalue weighted by atomic mass is 10.1. The van der Waals surface area contributed by atoms with Crippen molar-refractivity contribution in [1.29, 1.82) is 0 Å². The van der Waals surface area contributed by atoms with Crippen molar-refractivity contribution < 1.29 is 9.13 Å². The highest BCUT2D eigenvalue weighted by atomic mass is 35.5. The summed E-state index contributed by atoms with van der Waals surface area (Å²) in [6.07, 6.45) is 1.76. The predicted molar refractivity (Wildman–Crippen MR) is 82.0 cm³/mol. The highest BCUT2D eigenvalue weighted by Gasteiger charge is 2.07. The van der Waals surface area contributed by atoms with Gasteiger partial charge >= 0.3 is 0 Å². The van der Waals surface area contributed by atoms with Gasteiger partial charge in [0.2, 0.25) is 0 Å². The van der Waals surface area contributed by atoms with E-state index in [1.165, 1.54) is 12.1 Å². The second-order valence-electron chi connectivity index (χ2n) is 4.66. The molecule has 0 amide bonds. The number of benzene rings is 2. The van der Waals surface area contributed by atoms with Crippen LogP contribution in [-0.4, -0.2) is 4.98 Å². The van der Waals surface area contributed by atoms with Crippen molar-refractivity contribution in [3.63, 3.8) is 0 Å². The number of halogens is 2. The molecule has 2 nitrogen and oxygen atoms in total. The number of rotatable bonds is 4. The third kappa shape index (κ3) is 2.98. The van der Waals surface area contributed by atoms with Crippen LogP contribution in [0.3, 0.4) is 0 Å². The van der Waals surface area contributed by atoms with Crippen molar-refractivity contribution in [1.82, 2.24) is 4.98 Å². The van der Waals surface area contributed by atoms with Crippen LogP contribution in [0.5, 0.6) is 5.75 Å². The number of nitrogens with zero attached hydrogens (tertiary/aromatic N) is 1. The van der Waals surface area contributed by atoms with Gasteiger partial charge in [-0.15, -0.1) is 11.6 Å². The largest absolute Gasteiger partial charge is 0.489 e. The van der Waals surface area contributed by atoms with Crippen LogP contribution in [0, 0.1) is 5.82 Å². The summed E-state index contributed by atoms with van der Waals surface area (Å²) in [5.74, 6) is 0.504. The van der Waals surface area contributed by atoms with Crippen LogP contribution in [0.25, 0.3) is 10.9 Å². The van der Waals surface area contributed by atoms with Gasteiger partial charge in [-0.3, -0.25) is 4.98 Å². The summed E-state index contributed by atoms with van der Waals surface area (Å²) in [7, 11) is 0. The fourth-order valence-electron chi connectivity index (χ4n) is 2.23. The molecule has 0 aliphatic carbocycles. The van der Waals surface area contributed by atoms with Gasteiger partial charge < -0.3 is 4.74 Å². The second kappa shape index (κ2) is 6.10. The zero-order valence-corrected chi connectivity index (χ0v) is 12.0. The van der Waals surface area contributed by atoms with Gasteiger partial charge in [-0.05, 0) is 30.3 Å². The SMILES string of the molecule is Fc1ccc(OCc2ccnc3ccccc23)c(CCl)c1. The van der Waals surface area contributed by atoms with E-state index in [-0.39, 0.29) is 11.7 Å². The first-order chi connectivity index (χ1) is 10.3. The summed E-state index contributed by atoms with van der Waals surface area (Å²) in [5, 5.41) is 1.05. The minimum absolute atomic E-state index is 0.212. The number of alkyl halides is 1. The summed E-state index contributed by atoms with van der Waals surface area (Å²) >= 11 is 5.82. The maximum Gasteiger partial charge on any atom is 0.124 e. The summed E-state index contributed by atoms with van der Waals surface area (Å²) in [4.78, 5) is 4.32. The molecule has 0 atom stereocenters. The van der Waals surface area contributed by atoms with Gasteiger partial charge in [0.25, 0.3) is 0 Å². The van der Waals surface area contributed by atoms with E-state index in [0.717, 1.165) is 16.5 Å². The van der Waals surface area contributed by atoms with Crippen LogP contribution >= 0.6 is 11.6 Å². The number of pyridine rings is 1. The molecule has 0 unspecified atom stereocenters. The molecular formula is C17H13ClFNO. The standard InChI is InChI=1S/C17H13ClFNO/c18-10-13-9-14(19)5-6-17(13)21-11-12-7-8-20-16-4-2-1-3-15(12)16/h1-9H,10-11H2. The zero-order valence-electron chi connectivity index (χ0n) is 11.2. The number of aromatic nitrogens is 1. The summed E-state index contributed by atoms with van der Waals surface area (Å²) < 4.78 is 19.0. The molecule has 3 aromatic rings. The first kappa shape index (κ1) is 13.8. The molecule has 0 bridgehead atoms. The van der Waals surface area contributed by atoms with Crippen LogP contribution < -0.4 is 4.74 Å². The Kier molecular flexibility index (Phi) is 4.02. The number of para-hydroxylation sites is 1. The average molecular weight is 302 g/mol. The molecular weight excluding hydrogens is 289 g/mol. The van der Waals surface area contributed by atoms with E-state index in [4.69, 9.17) is 16.3 Å². The maximum absolute atomic E-state index is 13.2. The van der Waals surface area contributed by atoms with E-state index in [2.05, 4.69) is 4.98 Å². The zero-order chi connectivity index (χ0) is 14.7. The minimum atomic E-state index is -0.313. The third-order valence-corrected chi connectivity index (χ3v) is 3.58. The minimum Gasteiger partial charge on any atom is -0.489 e. The Morgan fingerprint density at radius 2 is 1.90 bits per heavy atom. The van der Waals surface area contributed by atoms with E-state index in [0.29, 0.717) is 17.9 Å². The smallest absolute Gasteiger partial charge is 0.124 e.